The third-order valence-electron chi connectivity index (χ3n) is 3.02. The molecule has 0 N–H and O–H groups in total. The van der Waals surface area contributed by atoms with Gasteiger partial charge in [-0.15, -0.1) is 11.6 Å². The summed E-state index contributed by atoms with van der Waals surface area (Å²) >= 11 is 9.04. The van der Waals surface area contributed by atoms with E-state index >= 15 is 0 Å². The standard InChI is InChI=1S/C14H7BrClF3N2/c15-7-1-2-9(18)11(3-7)21-12-5-8(17)4-10(19)14(12)20-13(21)6-16/h1-5H,6H2. The molecule has 3 aromatic rings. The molecule has 0 aliphatic heterocycles. The van der Waals surface area contributed by atoms with Gasteiger partial charge in [-0.05, 0) is 18.2 Å². The topological polar surface area (TPSA) is 17.8 Å². The van der Waals surface area contributed by atoms with Crippen molar-refractivity contribution in [2.24, 2.45) is 0 Å². The minimum Gasteiger partial charge on any atom is -0.292 e. The molecule has 0 aliphatic rings. The van der Waals surface area contributed by atoms with Crippen LogP contribution in [0.4, 0.5) is 13.2 Å². The van der Waals surface area contributed by atoms with Crippen molar-refractivity contribution in [2.45, 2.75) is 5.88 Å². The van der Waals surface area contributed by atoms with Crippen LogP contribution in [-0.4, -0.2) is 9.55 Å². The fourth-order valence-corrected chi connectivity index (χ4v) is 2.70. The van der Waals surface area contributed by atoms with E-state index in [1.807, 2.05) is 0 Å². The largest absolute Gasteiger partial charge is 0.292 e. The number of aromatic nitrogens is 2. The second-order valence-corrected chi connectivity index (χ2v) is 5.53. The van der Waals surface area contributed by atoms with Crippen LogP contribution in [0, 0.1) is 17.5 Å². The van der Waals surface area contributed by atoms with Crippen LogP contribution in [0.5, 0.6) is 0 Å². The summed E-state index contributed by atoms with van der Waals surface area (Å²) in [6, 6.07) is 6.10. The van der Waals surface area contributed by atoms with Gasteiger partial charge >= 0.3 is 0 Å². The molecular weight excluding hydrogens is 369 g/mol. The van der Waals surface area contributed by atoms with Gasteiger partial charge in [0.05, 0.1) is 17.1 Å². The van der Waals surface area contributed by atoms with Crippen LogP contribution in [0.1, 0.15) is 5.82 Å². The van der Waals surface area contributed by atoms with Crippen molar-refractivity contribution in [1.82, 2.24) is 9.55 Å². The van der Waals surface area contributed by atoms with E-state index in [2.05, 4.69) is 20.9 Å². The van der Waals surface area contributed by atoms with E-state index in [4.69, 9.17) is 11.6 Å². The second-order valence-electron chi connectivity index (χ2n) is 4.35. The molecule has 0 amide bonds. The predicted octanol–water partition coefficient (Wildman–Crippen LogP) is 4.94. The average Bonchev–Trinajstić information content (AvgIpc) is 2.80. The highest BCUT2D eigenvalue weighted by Crippen LogP contribution is 2.28. The summed E-state index contributed by atoms with van der Waals surface area (Å²) in [7, 11) is 0. The molecule has 0 bridgehead atoms. The maximum atomic E-state index is 14.1. The Morgan fingerprint density at radius 3 is 2.57 bits per heavy atom. The molecule has 0 saturated carbocycles. The van der Waals surface area contributed by atoms with Crippen molar-refractivity contribution < 1.29 is 13.2 Å². The Bertz CT molecular complexity index is 848. The normalized spacial score (nSPS) is 11.3. The Kier molecular flexibility index (Phi) is 3.67. The Balaban J connectivity index is 2.43. The van der Waals surface area contributed by atoms with Crippen molar-refractivity contribution in [2.75, 3.05) is 0 Å². The van der Waals surface area contributed by atoms with Crippen LogP contribution in [0.2, 0.25) is 0 Å². The molecule has 0 saturated heterocycles. The maximum absolute atomic E-state index is 14.1. The first-order valence-electron chi connectivity index (χ1n) is 5.89. The summed E-state index contributed by atoms with van der Waals surface area (Å²) in [4.78, 5) is 4.03. The number of hydrogen-bond donors (Lipinski definition) is 0. The van der Waals surface area contributed by atoms with E-state index in [0.717, 1.165) is 12.1 Å². The van der Waals surface area contributed by atoms with Crippen molar-refractivity contribution in [3.63, 3.8) is 0 Å². The minimum absolute atomic E-state index is 0.0496. The van der Waals surface area contributed by atoms with Gasteiger partial charge in [0.15, 0.2) is 5.82 Å². The van der Waals surface area contributed by atoms with Gasteiger partial charge in [0.2, 0.25) is 0 Å². The molecule has 0 fully saturated rings. The fraction of sp³-hybridized carbons (Fsp3) is 0.0714. The first-order chi connectivity index (χ1) is 10.0. The highest BCUT2D eigenvalue weighted by atomic mass is 79.9. The van der Waals surface area contributed by atoms with Crippen molar-refractivity contribution >= 4 is 38.6 Å². The second kappa shape index (κ2) is 5.35. The lowest BCUT2D eigenvalue weighted by molar-refractivity contribution is 0.590. The molecule has 0 spiro atoms. The van der Waals surface area contributed by atoms with Gasteiger partial charge in [0, 0.05) is 16.6 Å². The molecule has 7 heteroatoms. The number of rotatable bonds is 2. The zero-order valence-electron chi connectivity index (χ0n) is 10.4. The SMILES string of the molecule is Fc1cc(F)c2nc(CCl)n(-c3cc(Br)ccc3F)c2c1. The van der Waals surface area contributed by atoms with Gasteiger partial charge in [-0.3, -0.25) is 4.57 Å². The highest BCUT2D eigenvalue weighted by Gasteiger charge is 2.18. The molecule has 2 nitrogen and oxygen atoms in total. The molecule has 0 aliphatic carbocycles. The van der Waals surface area contributed by atoms with E-state index in [1.54, 1.807) is 0 Å². The van der Waals surface area contributed by atoms with Gasteiger partial charge in [0.1, 0.15) is 23.0 Å². The van der Waals surface area contributed by atoms with Crippen LogP contribution in [-0.2, 0) is 5.88 Å². The first-order valence-corrected chi connectivity index (χ1v) is 7.22. The Labute approximate surface area is 131 Å². The van der Waals surface area contributed by atoms with Gasteiger partial charge < -0.3 is 0 Å². The molecule has 2 aromatic carbocycles. The fourth-order valence-electron chi connectivity index (χ4n) is 2.17. The molecule has 1 heterocycles. The third kappa shape index (κ3) is 2.42. The summed E-state index contributed by atoms with van der Waals surface area (Å²) in [5, 5.41) is 0. The molecule has 108 valence electrons. The number of benzene rings is 2. The first kappa shape index (κ1) is 14.4. The molecule has 1 aromatic heterocycles. The number of nitrogens with zero attached hydrogens (tertiary/aromatic N) is 2. The Morgan fingerprint density at radius 1 is 1.10 bits per heavy atom. The van der Waals surface area contributed by atoms with Gasteiger partial charge in [0.25, 0.3) is 0 Å². The number of alkyl halides is 1. The van der Waals surface area contributed by atoms with E-state index in [-0.39, 0.29) is 28.4 Å². The van der Waals surface area contributed by atoms with Gasteiger partial charge in [-0.2, -0.15) is 0 Å². The zero-order chi connectivity index (χ0) is 15.1. The van der Waals surface area contributed by atoms with Crippen molar-refractivity contribution in [1.29, 1.82) is 0 Å². The van der Waals surface area contributed by atoms with Gasteiger partial charge in [-0.1, -0.05) is 15.9 Å². The number of fused-ring (bicyclic) bond motifs is 1. The Morgan fingerprint density at radius 2 is 1.86 bits per heavy atom. The van der Waals surface area contributed by atoms with E-state index < -0.39 is 17.5 Å². The number of halogens is 5. The summed E-state index contributed by atoms with van der Waals surface area (Å²) in [6.45, 7) is 0. The molecule has 3 rings (SSSR count). The summed E-state index contributed by atoms with van der Waals surface area (Å²) in [6.07, 6.45) is 0. The lowest BCUT2D eigenvalue weighted by Gasteiger charge is -2.09. The minimum atomic E-state index is -0.814. The van der Waals surface area contributed by atoms with Crippen LogP contribution in [0.25, 0.3) is 16.7 Å². The lowest BCUT2D eigenvalue weighted by atomic mass is 10.2. The summed E-state index contributed by atoms with van der Waals surface area (Å²) in [5.41, 5.74) is 0.194. The van der Waals surface area contributed by atoms with Crippen LogP contribution >= 0.6 is 27.5 Å². The zero-order valence-corrected chi connectivity index (χ0v) is 12.7. The number of hydrogen-bond acceptors (Lipinski definition) is 1. The summed E-state index contributed by atoms with van der Waals surface area (Å²) in [5.74, 6) is -1.97. The van der Waals surface area contributed by atoms with Crippen LogP contribution in [0.3, 0.4) is 0 Å². The summed E-state index contributed by atoms with van der Waals surface area (Å²) < 4.78 is 43.3. The van der Waals surface area contributed by atoms with Crippen molar-refractivity contribution in [3.8, 4) is 5.69 Å². The molecular formula is C14H7BrClF3N2. The molecule has 0 atom stereocenters. The van der Waals surface area contributed by atoms with E-state index in [1.165, 1.54) is 22.8 Å². The lowest BCUT2D eigenvalue weighted by Crippen LogP contribution is -2.02. The highest BCUT2D eigenvalue weighted by molar-refractivity contribution is 9.10. The maximum Gasteiger partial charge on any atom is 0.153 e. The van der Waals surface area contributed by atoms with Crippen molar-refractivity contribution in [3.05, 3.63) is 58.1 Å². The van der Waals surface area contributed by atoms with E-state index in [0.29, 0.717) is 4.47 Å². The number of imidazole rings is 1. The molecule has 0 radical (unpaired) electrons. The van der Waals surface area contributed by atoms with Crippen LogP contribution in [0.15, 0.2) is 34.8 Å². The smallest absolute Gasteiger partial charge is 0.153 e. The Hall–Kier alpha value is -1.53. The molecule has 21 heavy (non-hydrogen) atoms. The van der Waals surface area contributed by atoms with Crippen LogP contribution < -0.4 is 0 Å². The van der Waals surface area contributed by atoms with E-state index in [9.17, 15) is 13.2 Å². The quantitative estimate of drug-likeness (QED) is 0.580. The van der Waals surface area contributed by atoms with Gasteiger partial charge in [-0.25, -0.2) is 18.2 Å². The predicted molar refractivity (Wildman–Crippen MR) is 78.2 cm³/mol. The monoisotopic (exact) mass is 374 g/mol. The average molecular weight is 376 g/mol. The third-order valence-corrected chi connectivity index (χ3v) is 3.75. The molecule has 0 unspecified atom stereocenters.